The van der Waals surface area contributed by atoms with Crippen molar-refractivity contribution in [3.8, 4) is 5.75 Å². The van der Waals surface area contributed by atoms with E-state index in [2.05, 4.69) is 51.1 Å². The Morgan fingerprint density at radius 2 is 1.84 bits per heavy atom. The van der Waals surface area contributed by atoms with Crippen molar-refractivity contribution in [2.75, 3.05) is 46.3 Å². The van der Waals surface area contributed by atoms with Gasteiger partial charge in [-0.15, -0.1) is 24.0 Å². The Labute approximate surface area is 202 Å². The van der Waals surface area contributed by atoms with E-state index in [0.29, 0.717) is 23.5 Å². The van der Waals surface area contributed by atoms with Crippen LogP contribution >= 0.6 is 24.0 Å². The van der Waals surface area contributed by atoms with Crippen LogP contribution in [0.15, 0.2) is 23.2 Å². The minimum absolute atomic E-state index is 0. The molecule has 0 aliphatic carbocycles. The second kappa shape index (κ2) is 14.1. The van der Waals surface area contributed by atoms with E-state index in [4.69, 9.17) is 0 Å². The summed E-state index contributed by atoms with van der Waals surface area (Å²) in [5.41, 5.74) is 1.63. The maximum absolute atomic E-state index is 12.7. The molecule has 1 aliphatic rings. The Hall–Kier alpha value is -1.20. The van der Waals surface area contributed by atoms with Crippen LogP contribution in [0.2, 0.25) is 0 Å². The second-order valence-corrected chi connectivity index (χ2v) is 8.22. The molecule has 0 saturated carbocycles. The lowest BCUT2D eigenvalue weighted by molar-refractivity contribution is -0.0504. The Bertz CT molecular complexity index is 682. The van der Waals surface area contributed by atoms with E-state index in [-0.39, 0.29) is 36.3 Å². The molecule has 0 aromatic heterocycles. The summed E-state index contributed by atoms with van der Waals surface area (Å²) in [6.45, 7) is 11.6. The first-order valence-electron chi connectivity index (χ1n) is 10.8. The molecule has 1 heterocycles. The van der Waals surface area contributed by atoms with E-state index >= 15 is 0 Å². The Morgan fingerprint density at radius 1 is 1.16 bits per heavy atom. The molecule has 9 heteroatoms. The van der Waals surface area contributed by atoms with E-state index in [1.165, 1.54) is 0 Å². The summed E-state index contributed by atoms with van der Waals surface area (Å²) < 4.78 is 30.1. The minimum Gasteiger partial charge on any atom is -0.434 e. The SMILES string of the molecule is CCNC(=NCc1cc(C)ccc1OC(F)F)NCC(C(C)C)N1CCN(C)CC1.I. The Balaban J connectivity index is 0.00000480. The van der Waals surface area contributed by atoms with Crippen molar-refractivity contribution < 1.29 is 13.5 Å². The molecule has 1 atom stereocenters. The highest BCUT2D eigenvalue weighted by Gasteiger charge is 2.25. The number of ether oxygens (including phenoxy) is 1. The molecule has 6 nitrogen and oxygen atoms in total. The summed E-state index contributed by atoms with van der Waals surface area (Å²) >= 11 is 0. The van der Waals surface area contributed by atoms with Gasteiger partial charge >= 0.3 is 6.61 Å². The van der Waals surface area contributed by atoms with Crippen LogP contribution in [0.25, 0.3) is 0 Å². The molecule has 2 rings (SSSR count). The highest BCUT2D eigenvalue weighted by Crippen LogP contribution is 2.23. The number of aliphatic imine (C=N–C) groups is 1. The van der Waals surface area contributed by atoms with Crippen molar-refractivity contribution >= 4 is 29.9 Å². The van der Waals surface area contributed by atoms with Gasteiger partial charge in [-0.2, -0.15) is 8.78 Å². The monoisotopic (exact) mass is 553 g/mol. The number of guanidine groups is 1. The Morgan fingerprint density at radius 3 is 2.42 bits per heavy atom. The maximum Gasteiger partial charge on any atom is 0.387 e. The molecule has 0 bridgehead atoms. The molecule has 0 amide bonds. The number of nitrogens with zero attached hydrogens (tertiary/aromatic N) is 3. The Kier molecular flexibility index (Phi) is 12.6. The van der Waals surface area contributed by atoms with E-state index in [9.17, 15) is 8.78 Å². The zero-order chi connectivity index (χ0) is 22.1. The molecule has 0 radical (unpaired) electrons. The van der Waals surface area contributed by atoms with Crippen LogP contribution in [0.4, 0.5) is 8.78 Å². The fraction of sp³-hybridized carbons (Fsp3) is 0.682. The second-order valence-electron chi connectivity index (χ2n) is 8.22. The predicted molar refractivity (Wildman–Crippen MR) is 134 cm³/mol. The third kappa shape index (κ3) is 9.44. The lowest BCUT2D eigenvalue weighted by Gasteiger charge is -2.40. The van der Waals surface area contributed by atoms with Gasteiger partial charge in [0.15, 0.2) is 5.96 Å². The van der Waals surface area contributed by atoms with Crippen molar-refractivity contribution in [1.29, 1.82) is 0 Å². The van der Waals surface area contributed by atoms with Gasteiger partial charge < -0.3 is 20.3 Å². The average molecular weight is 553 g/mol. The molecule has 1 fully saturated rings. The number of likely N-dealkylation sites (N-methyl/N-ethyl adjacent to an activating group) is 1. The minimum atomic E-state index is -2.85. The van der Waals surface area contributed by atoms with E-state index in [1.807, 2.05) is 19.9 Å². The average Bonchev–Trinajstić information content (AvgIpc) is 2.68. The fourth-order valence-corrected chi connectivity index (χ4v) is 3.69. The lowest BCUT2D eigenvalue weighted by atomic mass is 10.0. The predicted octanol–water partition coefficient (Wildman–Crippen LogP) is 3.54. The molecule has 31 heavy (non-hydrogen) atoms. The lowest BCUT2D eigenvalue weighted by Crippen LogP contribution is -2.55. The smallest absolute Gasteiger partial charge is 0.387 e. The van der Waals surface area contributed by atoms with Gasteiger partial charge in [-0.05, 0) is 32.9 Å². The van der Waals surface area contributed by atoms with E-state index in [1.54, 1.807) is 12.1 Å². The highest BCUT2D eigenvalue weighted by molar-refractivity contribution is 14.0. The summed E-state index contributed by atoms with van der Waals surface area (Å²) in [5.74, 6) is 1.36. The van der Waals surface area contributed by atoms with E-state index in [0.717, 1.165) is 44.8 Å². The first kappa shape index (κ1) is 27.8. The topological polar surface area (TPSA) is 52.1 Å². The summed E-state index contributed by atoms with van der Waals surface area (Å²) in [6.07, 6.45) is 0. The summed E-state index contributed by atoms with van der Waals surface area (Å²) in [5, 5.41) is 6.71. The first-order chi connectivity index (χ1) is 14.3. The molecule has 0 spiro atoms. The molecule has 178 valence electrons. The molecule has 1 aromatic rings. The van der Waals surface area contributed by atoms with Crippen LogP contribution in [-0.2, 0) is 6.54 Å². The van der Waals surface area contributed by atoms with Gasteiger partial charge in [-0.1, -0.05) is 31.5 Å². The highest BCUT2D eigenvalue weighted by atomic mass is 127. The maximum atomic E-state index is 12.7. The van der Waals surface area contributed by atoms with Gasteiger partial charge in [-0.3, -0.25) is 4.90 Å². The van der Waals surface area contributed by atoms with Crippen molar-refractivity contribution in [3.05, 3.63) is 29.3 Å². The number of aryl methyl sites for hydroxylation is 1. The van der Waals surface area contributed by atoms with Crippen LogP contribution in [0.5, 0.6) is 5.75 Å². The van der Waals surface area contributed by atoms with Crippen LogP contribution in [0.3, 0.4) is 0 Å². The quantitative estimate of drug-likeness (QED) is 0.279. The molecular weight excluding hydrogens is 515 g/mol. The molecule has 1 saturated heterocycles. The van der Waals surface area contributed by atoms with Crippen LogP contribution in [0, 0.1) is 12.8 Å². The molecule has 1 unspecified atom stereocenters. The van der Waals surface area contributed by atoms with Gasteiger partial charge in [0.25, 0.3) is 0 Å². The number of hydrogen-bond acceptors (Lipinski definition) is 4. The third-order valence-corrected chi connectivity index (χ3v) is 5.44. The number of rotatable bonds is 9. The molecule has 2 N–H and O–H groups in total. The van der Waals surface area contributed by atoms with Crippen LogP contribution < -0.4 is 15.4 Å². The number of piperazine rings is 1. The van der Waals surface area contributed by atoms with Gasteiger partial charge in [0.2, 0.25) is 0 Å². The number of hydrogen-bond donors (Lipinski definition) is 2. The van der Waals surface area contributed by atoms with Crippen LogP contribution in [-0.4, -0.2) is 74.7 Å². The molecular formula is C22H38F2IN5O. The number of alkyl halides is 2. The fourth-order valence-electron chi connectivity index (χ4n) is 3.69. The number of benzene rings is 1. The van der Waals surface area contributed by atoms with E-state index < -0.39 is 6.61 Å². The largest absolute Gasteiger partial charge is 0.434 e. The first-order valence-corrected chi connectivity index (χ1v) is 10.8. The summed E-state index contributed by atoms with van der Waals surface area (Å²) in [4.78, 5) is 9.52. The third-order valence-electron chi connectivity index (χ3n) is 5.44. The van der Waals surface area contributed by atoms with Gasteiger partial charge in [0.05, 0.1) is 6.54 Å². The van der Waals surface area contributed by atoms with Gasteiger partial charge in [0.1, 0.15) is 5.75 Å². The zero-order valence-corrected chi connectivity index (χ0v) is 21.7. The summed E-state index contributed by atoms with van der Waals surface area (Å²) in [7, 11) is 2.16. The zero-order valence-electron chi connectivity index (χ0n) is 19.3. The molecule has 1 aliphatic heterocycles. The van der Waals surface area contributed by atoms with Gasteiger partial charge in [-0.25, -0.2) is 4.99 Å². The summed E-state index contributed by atoms with van der Waals surface area (Å²) in [6, 6.07) is 5.58. The van der Waals surface area contributed by atoms with Crippen molar-refractivity contribution in [1.82, 2.24) is 20.4 Å². The van der Waals surface area contributed by atoms with Crippen LogP contribution in [0.1, 0.15) is 31.9 Å². The van der Waals surface area contributed by atoms with Crippen molar-refractivity contribution in [2.24, 2.45) is 10.9 Å². The van der Waals surface area contributed by atoms with Crippen molar-refractivity contribution in [3.63, 3.8) is 0 Å². The number of halogens is 3. The van der Waals surface area contributed by atoms with Gasteiger partial charge in [0, 0.05) is 50.9 Å². The normalized spacial score (nSPS) is 16.9. The number of nitrogens with one attached hydrogen (secondary N) is 2. The standard InChI is InChI=1S/C22H37F2N5O.HI/c1-6-25-22(26-14-18-13-17(4)7-8-20(18)30-21(23)24)27-15-19(16(2)3)29-11-9-28(5)10-12-29;/h7-8,13,16,19,21H,6,9-12,14-15H2,1-5H3,(H2,25,26,27);1H. The van der Waals surface area contributed by atoms with Crippen molar-refractivity contribution in [2.45, 2.75) is 46.9 Å². The molecule has 1 aromatic carbocycles.